The normalized spacial score (nSPS) is 12.4. The fourth-order valence-electron chi connectivity index (χ4n) is 2.12. The van der Waals surface area contributed by atoms with Crippen molar-refractivity contribution in [2.24, 2.45) is 0 Å². The average molecular weight is 261 g/mol. The van der Waals surface area contributed by atoms with E-state index in [1.54, 1.807) is 7.05 Å². The summed E-state index contributed by atoms with van der Waals surface area (Å²) in [5.74, 6) is -0.986. The summed E-state index contributed by atoms with van der Waals surface area (Å²) in [6, 6.07) is 11.8. The first-order valence-electron chi connectivity index (χ1n) is 6.28. The van der Waals surface area contributed by atoms with Crippen molar-refractivity contribution in [1.82, 2.24) is 5.32 Å². The monoisotopic (exact) mass is 261 g/mol. The molecular formula is C16H17F2N. The van der Waals surface area contributed by atoms with Gasteiger partial charge in [0.2, 0.25) is 0 Å². The molecule has 0 fully saturated rings. The second-order valence-electron chi connectivity index (χ2n) is 4.66. The van der Waals surface area contributed by atoms with Gasteiger partial charge in [0.05, 0.1) is 0 Å². The van der Waals surface area contributed by atoms with Gasteiger partial charge in [0.1, 0.15) is 11.6 Å². The molecule has 0 aromatic heterocycles. The highest BCUT2D eigenvalue weighted by Gasteiger charge is 2.15. The van der Waals surface area contributed by atoms with Crippen LogP contribution in [0.2, 0.25) is 0 Å². The van der Waals surface area contributed by atoms with Crippen LogP contribution in [0.1, 0.15) is 22.7 Å². The van der Waals surface area contributed by atoms with E-state index in [4.69, 9.17) is 0 Å². The Morgan fingerprint density at radius 3 is 2.11 bits per heavy atom. The zero-order valence-electron chi connectivity index (χ0n) is 11.1. The Bertz CT molecular complexity index is 529. The van der Waals surface area contributed by atoms with Gasteiger partial charge in [-0.3, -0.25) is 0 Å². The van der Waals surface area contributed by atoms with Gasteiger partial charge >= 0.3 is 0 Å². The van der Waals surface area contributed by atoms with Crippen molar-refractivity contribution < 1.29 is 8.78 Å². The molecule has 1 nitrogen and oxygen atoms in total. The van der Waals surface area contributed by atoms with Crippen molar-refractivity contribution in [3.05, 3.63) is 70.8 Å². The quantitative estimate of drug-likeness (QED) is 0.883. The number of likely N-dealkylation sites (N-methyl/N-ethyl adjacent to an activating group) is 1. The molecule has 0 radical (unpaired) electrons. The fourth-order valence-corrected chi connectivity index (χ4v) is 2.12. The highest BCUT2D eigenvalue weighted by molar-refractivity contribution is 5.28. The van der Waals surface area contributed by atoms with E-state index in [-0.39, 0.29) is 18.0 Å². The summed E-state index contributed by atoms with van der Waals surface area (Å²) in [4.78, 5) is 0. The minimum atomic E-state index is -0.493. The minimum absolute atomic E-state index is 0.105. The summed E-state index contributed by atoms with van der Waals surface area (Å²) in [6.45, 7) is 2.01. The van der Waals surface area contributed by atoms with E-state index >= 15 is 0 Å². The van der Waals surface area contributed by atoms with E-state index in [0.717, 1.165) is 11.1 Å². The number of hydrogen-bond donors (Lipinski definition) is 1. The van der Waals surface area contributed by atoms with Crippen LogP contribution in [0.25, 0.3) is 0 Å². The van der Waals surface area contributed by atoms with Crippen LogP contribution in [0.15, 0.2) is 42.5 Å². The van der Waals surface area contributed by atoms with Gasteiger partial charge in [-0.05, 0) is 38.1 Å². The lowest BCUT2D eigenvalue weighted by Gasteiger charge is -2.17. The SMILES string of the molecule is CNC(Cc1c(F)cccc1F)c1ccc(C)cc1. The van der Waals surface area contributed by atoms with Crippen molar-refractivity contribution in [1.29, 1.82) is 0 Å². The smallest absolute Gasteiger partial charge is 0.129 e. The molecule has 19 heavy (non-hydrogen) atoms. The minimum Gasteiger partial charge on any atom is -0.313 e. The summed E-state index contributed by atoms with van der Waals surface area (Å²) >= 11 is 0. The van der Waals surface area contributed by atoms with E-state index in [9.17, 15) is 8.78 Å². The molecule has 2 rings (SSSR count). The predicted molar refractivity (Wildman–Crippen MR) is 73.0 cm³/mol. The highest BCUT2D eigenvalue weighted by atomic mass is 19.1. The maximum atomic E-state index is 13.7. The second kappa shape index (κ2) is 5.93. The van der Waals surface area contributed by atoms with E-state index in [0.29, 0.717) is 0 Å². The number of aryl methyl sites for hydroxylation is 1. The van der Waals surface area contributed by atoms with Crippen molar-refractivity contribution in [3.8, 4) is 0 Å². The number of hydrogen-bond acceptors (Lipinski definition) is 1. The Labute approximate surface area is 112 Å². The first-order chi connectivity index (χ1) is 9.11. The largest absolute Gasteiger partial charge is 0.313 e. The van der Waals surface area contributed by atoms with Gasteiger partial charge in [-0.25, -0.2) is 8.78 Å². The molecule has 0 aliphatic carbocycles. The molecule has 2 aromatic carbocycles. The first kappa shape index (κ1) is 13.7. The van der Waals surface area contributed by atoms with Crippen molar-refractivity contribution in [3.63, 3.8) is 0 Å². The fraction of sp³-hybridized carbons (Fsp3) is 0.250. The van der Waals surface area contributed by atoms with Gasteiger partial charge in [-0.1, -0.05) is 35.9 Å². The van der Waals surface area contributed by atoms with Crippen LogP contribution in [-0.2, 0) is 6.42 Å². The van der Waals surface area contributed by atoms with Crippen LogP contribution >= 0.6 is 0 Å². The Kier molecular flexibility index (Phi) is 4.27. The molecule has 0 amide bonds. The van der Waals surface area contributed by atoms with Gasteiger partial charge in [-0.2, -0.15) is 0 Å². The van der Waals surface area contributed by atoms with Crippen molar-refractivity contribution in [2.45, 2.75) is 19.4 Å². The predicted octanol–water partition coefficient (Wildman–Crippen LogP) is 3.78. The third-order valence-electron chi connectivity index (χ3n) is 3.30. The van der Waals surface area contributed by atoms with Gasteiger partial charge in [0, 0.05) is 11.6 Å². The lowest BCUT2D eigenvalue weighted by molar-refractivity contribution is 0.515. The second-order valence-corrected chi connectivity index (χ2v) is 4.66. The van der Waals surface area contributed by atoms with E-state index < -0.39 is 11.6 Å². The van der Waals surface area contributed by atoms with Crippen LogP contribution in [0.5, 0.6) is 0 Å². The molecule has 1 atom stereocenters. The van der Waals surface area contributed by atoms with Gasteiger partial charge in [-0.15, -0.1) is 0 Å². The Hall–Kier alpha value is -1.74. The molecule has 0 bridgehead atoms. The summed E-state index contributed by atoms with van der Waals surface area (Å²) in [6.07, 6.45) is 0.290. The summed E-state index contributed by atoms with van der Waals surface area (Å²) < 4.78 is 27.3. The summed E-state index contributed by atoms with van der Waals surface area (Å²) in [5.41, 5.74) is 2.31. The molecule has 0 saturated carbocycles. The lowest BCUT2D eigenvalue weighted by Crippen LogP contribution is -2.20. The standard InChI is InChI=1S/C16H17F2N/c1-11-6-8-12(9-7-11)16(19-2)10-13-14(17)4-3-5-15(13)18/h3-9,16,19H,10H2,1-2H3. The summed E-state index contributed by atoms with van der Waals surface area (Å²) in [7, 11) is 1.79. The van der Waals surface area contributed by atoms with E-state index in [1.807, 2.05) is 31.2 Å². The molecular weight excluding hydrogens is 244 g/mol. The number of benzene rings is 2. The third kappa shape index (κ3) is 3.18. The molecule has 1 N–H and O–H groups in total. The van der Waals surface area contributed by atoms with Crippen LogP contribution < -0.4 is 5.32 Å². The maximum Gasteiger partial charge on any atom is 0.129 e. The molecule has 0 heterocycles. The topological polar surface area (TPSA) is 12.0 Å². The van der Waals surface area contributed by atoms with E-state index in [1.165, 1.54) is 18.2 Å². The number of rotatable bonds is 4. The zero-order valence-corrected chi connectivity index (χ0v) is 11.1. The summed E-state index contributed by atoms with van der Waals surface area (Å²) in [5, 5.41) is 3.11. The number of halogens is 2. The molecule has 0 aliphatic rings. The van der Waals surface area contributed by atoms with Gasteiger partial charge in [0.15, 0.2) is 0 Å². The Morgan fingerprint density at radius 1 is 1.00 bits per heavy atom. The molecule has 2 aromatic rings. The van der Waals surface area contributed by atoms with Gasteiger partial charge in [0.25, 0.3) is 0 Å². The molecule has 0 aliphatic heterocycles. The van der Waals surface area contributed by atoms with Crippen LogP contribution in [-0.4, -0.2) is 7.05 Å². The van der Waals surface area contributed by atoms with Crippen LogP contribution in [0.3, 0.4) is 0 Å². The molecule has 0 spiro atoms. The lowest BCUT2D eigenvalue weighted by atomic mass is 9.97. The molecule has 100 valence electrons. The zero-order chi connectivity index (χ0) is 13.8. The average Bonchev–Trinajstić information content (AvgIpc) is 2.40. The third-order valence-corrected chi connectivity index (χ3v) is 3.30. The Balaban J connectivity index is 2.26. The van der Waals surface area contributed by atoms with Crippen LogP contribution in [0, 0.1) is 18.6 Å². The Morgan fingerprint density at radius 2 is 1.58 bits per heavy atom. The van der Waals surface area contributed by atoms with Crippen LogP contribution in [0.4, 0.5) is 8.78 Å². The number of nitrogens with one attached hydrogen (secondary N) is 1. The molecule has 0 saturated heterocycles. The van der Waals surface area contributed by atoms with Crippen molar-refractivity contribution in [2.75, 3.05) is 7.05 Å². The first-order valence-corrected chi connectivity index (χ1v) is 6.28. The van der Waals surface area contributed by atoms with E-state index in [2.05, 4.69) is 5.32 Å². The molecule has 3 heteroatoms. The van der Waals surface area contributed by atoms with Crippen molar-refractivity contribution >= 4 is 0 Å². The van der Waals surface area contributed by atoms with Gasteiger partial charge < -0.3 is 5.32 Å². The molecule has 1 unspecified atom stereocenters. The maximum absolute atomic E-state index is 13.7. The highest BCUT2D eigenvalue weighted by Crippen LogP contribution is 2.22.